The van der Waals surface area contributed by atoms with Crippen molar-refractivity contribution in [1.29, 1.82) is 0 Å². The van der Waals surface area contributed by atoms with Gasteiger partial charge in [0.15, 0.2) is 0 Å². The molecule has 2 rings (SSSR count). The van der Waals surface area contributed by atoms with Crippen molar-refractivity contribution < 1.29 is 18.3 Å². The van der Waals surface area contributed by atoms with Crippen LogP contribution in [0.1, 0.15) is 5.69 Å². The fourth-order valence-electron chi connectivity index (χ4n) is 1.46. The minimum atomic E-state index is -3.72. The molecule has 7 nitrogen and oxygen atoms in total. The third-order valence-corrected chi connectivity index (χ3v) is 3.72. The zero-order valence-corrected chi connectivity index (χ0v) is 11.0. The van der Waals surface area contributed by atoms with E-state index in [1.807, 2.05) is 0 Å². The van der Waals surface area contributed by atoms with Gasteiger partial charge in [-0.2, -0.15) is 0 Å². The molecular formula is C12H11N3O4S. The summed E-state index contributed by atoms with van der Waals surface area (Å²) in [5.41, 5.74) is 0.602. The third-order valence-electron chi connectivity index (χ3n) is 2.35. The molecule has 0 spiro atoms. The Hall–Kier alpha value is -2.48. The average Bonchev–Trinajstić information content (AvgIpc) is 2.41. The second-order valence-electron chi connectivity index (χ2n) is 3.90. The Kier molecular flexibility index (Phi) is 3.94. The normalized spacial score (nSPS) is 11.0. The van der Waals surface area contributed by atoms with Gasteiger partial charge in [0.05, 0.1) is 24.0 Å². The molecule has 0 fully saturated rings. The van der Waals surface area contributed by atoms with Crippen LogP contribution in [0.4, 0.5) is 5.69 Å². The molecule has 20 heavy (non-hydrogen) atoms. The van der Waals surface area contributed by atoms with Crippen molar-refractivity contribution in [1.82, 2.24) is 9.97 Å². The molecule has 2 N–H and O–H groups in total. The number of aromatic nitrogens is 2. The Morgan fingerprint density at radius 3 is 2.60 bits per heavy atom. The molecule has 0 atom stereocenters. The van der Waals surface area contributed by atoms with Crippen LogP contribution < -0.4 is 4.72 Å². The van der Waals surface area contributed by atoms with Gasteiger partial charge in [-0.1, -0.05) is 0 Å². The van der Waals surface area contributed by atoms with E-state index in [0.717, 1.165) is 0 Å². The summed E-state index contributed by atoms with van der Waals surface area (Å²) >= 11 is 0. The van der Waals surface area contributed by atoms with Crippen LogP contribution in [0, 0.1) is 0 Å². The monoisotopic (exact) mass is 293 g/mol. The Labute approximate surface area is 115 Å². The number of hydrogen-bond donors (Lipinski definition) is 2. The first-order chi connectivity index (χ1) is 9.47. The quantitative estimate of drug-likeness (QED) is 0.847. The van der Waals surface area contributed by atoms with Gasteiger partial charge in [-0.3, -0.25) is 19.5 Å². The van der Waals surface area contributed by atoms with Crippen LogP contribution in [0.2, 0.25) is 0 Å². The van der Waals surface area contributed by atoms with Crippen molar-refractivity contribution in [3.8, 4) is 0 Å². The fourth-order valence-corrected chi connectivity index (χ4v) is 2.47. The Morgan fingerprint density at radius 2 is 2.05 bits per heavy atom. The molecular weight excluding hydrogens is 282 g/mol. The number of sulfonamides is 1. The molecule has 0 bridgehead atoms. The van der Waals surface area contributed by atoms with E-state index in [4.69, 9.17) is 5.11 Å². The largest absolute Gasteiger partial charge is 0.481 e. The Morgan fingerprint density at radius 1 is 1.25 bits per heavy atom. The molecule has 0 aliphatic heterocycles. The standard InChI is InChI=1S/C12H11N3O4S/c16-12(17)6-9-3-4-10(7-14-9)15-20(18,19)11-2-1-5-13-8-11/h1-5,7-8,15H,6H2,(H,16,17). The summed E-state index contributed by atoms with van der Waals surface area (Å²) in [5, 5.41) is 8.61. The topological polar surface area (TPSA) is 109 Å². The summed E-state index contributed by atoms with van der Waals surface area (Å²) in [6.45, 7) is 0. The fraction of sp³-hybridized carbons (Fsp3) is 0.0833. The lowest BCUT2D eigenvalue weighted by Crippen LogP contribution is -2.13. The predicted octanol–water partition coefficient (Wildman–Crippen LogP) is 0.905. The number of carbonyl (C=O) groups is 1. The summed E-state index contributed by atoms with van der Waals surface area (Å²) in [6.07, 6.45) is 3.76. The summed E-state index contributed by atoms with van der Waals surface area (Å²) in [6, 6.07) is 5.85. The molecule has 0 unspecified atom stereocenters. The molecule has 0 aromatic carbocycles. The van der Waals surface area contributed by atoms with Gasteiger partial charge >= 0.3 is 5.97 Å². The zero-order valence-electron chi connectivity index (χ0n) is 10.2. The number of nitrogens with one attached hydrogen (secondary N) is 1. The number of carboxylic acid groups (broad SMARTS) is 1. The molecule has 2 heterocycles. The van der Waals surface area contributed by atoms with Gasteiger partial charge in [-0.25, -0.2) is 8.42 Å². The van der Waals surface area contributed by atoms with Crippen molar-refractivity contribution in [2.24, 2.45) is 0 Å². The van der Waals surface area contributed by atoms with E-state index < -0.39 is 16.0 Å². The SMILES string of the molecule is O=C(O)Cc1ccc(NS(=O)(=O)c2cccnc2)cn1. The van der Waals surface area contributed by atoms with Gasteiger partial charge in [0.2, 0.25) is 0 Å². The summed E-state index contributed by atoms with van der Waals surface area (Å²) in [4.78, 5) is 18.2. The smallest absolute Gasteiger partial charge is 0.309 e. The molecule has 0 radical (unpaired) electrons. The maximum Gasteiger partial charge on any atom is 0.309 e. The highest BCUT2D eigenvalue weighted by Gasteiger charge is 2.14. The Bertz CT molecular complexity index is 699. The van der Waals surface area contributed by atoms with Gasteiger partial charge in [0.25, 0.3) is 10.0 Å². The number of carboxylic acids is 1. The maximum absolute atomic E-state index is 12.0. The third kappa shape index (κ3) is 3.51. The van der Waals surface area contributed by atoms with E-state index in [-0.39, 0.29) is 17.0 Å². The van der Waals surface area contributed by atoms with Gasteiger partial charge in [0.1, 0.15) is 4.90 Å². The zero-order chi connectivity index (χ0) is 14.6. The number of aliphatic carboxylic acids is 1. The second kappa shape index (κ2) is 5.66. The van der Waals surface area contributed by atoms with Crippen LogP contribution in [-0.4, -0.2) is 29.5 Å². The molecule has 2 aromatic heterocycles. The second-order valence-corrected chi connectivity index (χ2v) is 5.59. The first-order valence-corrected chi connectivity index (χ1v) is 7.05. The van der Waals surface area contributed by atoms with E-state index in [9.17, 15) is 13.2 Å². The molecule has 0 saturated carbocycles. The number of pyridine rings is 2. The van der Waals surface area contributed by atoms with Crippen molar-refractivity contribution in [3.63, 3.8) is 0 Å². The molecule has 2 aromatic rings. The van der Waals surface area contributed by atoms with Crippen LogP contribution in [0.3, 0.4) is 0 Å². The highest BCUT2D eigenvalue weighted by atomic mass is 32.2. The predicted molar refractivity (Wildman–Crippen MR) is 70.6 cm³/mol. The highest BCUT2D eigenvalue weighted by Crippen LogP contribution is 2.14. The van der Waals surface area contributed by atoms with Crippen molar-refractivity contribution >= 4 is 21.7 Å². The van der Waals surface area contributed by atoms with E-state index in [1.165, 1.54) is 42.9 Å². The summed E-state index contributed by atoms with van der Waals surface area (Å²) in [7, 11) is -3.72. The van der Waals surface area contributed by atoms with Gasteiger partial charge in [-0.05, 0) is 24.3 Å². The summed E-state index contributed by atoms with van der Waals surface area (Å²) < 4.78 is 26.3. The van der Waals surface area contributed by atoms with Crippen LogP contribution in [0.15, 0.2) is 47.8 Å². The minimum absolute atomic E-state index is 0.0367. The number of rotatable bonds is 5. The first-order valence-electron chi connectivity index (χ1n) is 5.57. The van der Waals surface area contributed by atoms with Crippen molar-refractivity contribution in [2.45, 2.75) is 11.3 Å². The number of nitrogens with zero attached hydrogens (tertiary/aromatic N) is 2. The summed E-state index contributed by atoms with van der Waals surface area (Å²) in [5.74, 6) is -0.999. The van der Waals surface area contributed by atoms with Crippen molar-refractivity contribution in [2.75, 3.05) is 4.72 Å². The lowest BCUT2D eigenvalue weighted by molar-refractivity contribution is -0.136. The number of anilines is 1. The maximum atomic E-state index is 12.0. The van der Waals surface area contributed by atoms with Gasteiger partial charge in [-0.15, -0.1) is 0 Å². The minimum Gasteiger partial charge on any atom is -0.481 e. The molecule has 8 heteroatoms. The number of hydrogen-bond acceptors (Lipinski definition) is 5. The van der Waals surface area contributed by atoms with Gasteiger partial charge in [0, 0.05) is 12.4 Å². The van der Waals surface area contributed by atoms with E-state index in [1.54, 1.807) is 0 Å². The molecule has 0 aliphatic carbocycles. The Balaban J connectivity index is 2.16. The van der Waals surface area contributed by atoms with Crippen LogP contribution in [0.5, 0.6) is 0 Å². The van der Waals surface area contributed by atoms with Crippen LogP contribution >= 0.6 is 0 Å². The van der Waals surface area contributed by atoms with Gasteiger partial charge < -0.3 is 5.11 Å². The van der Waals surface area contributed by atoms with Crippen LogP contribution in [-0.2, 0) is 21.2 Å². The van der Waals surface area contributed by atoms with E-state index in [0.29, 0.717) is 5.69 Å². The highest BCUT2D eigenvalue weighted by molar-refractivity contribution is 7.92. The van der Waals surface area contributed by atoms with E-state index in [2.05, 4.69) is 14.7 Å². The molecule has 0 amide bonds. The lowest BCUT2D eigenvalue weighted by atomic mass is 10.3. The lowest BCUT2D eigenvalue weighted by Gasteiger charge is -2.07. The van der Waals surface area contributed by atoms with E-state index >= 15 is 0 Å². The molecule has 0 aliphatic rings. The van der Waals surface area contributed by atoms with Crippen molar-refractivity contribution in [3.05, 3.63) is 48.5 Å². The molecule has 104 valence electrons. The van der Waals surface area contributed by atoms with Crippen LogP contribution in [0.25, 0.3) is 0 Å². The first kappa shape index (κ1) is 13.9. The molecule has 0 saturated heterocycles. The average molecular weight is 293 g/mol.